The summed E-state index contributed by atoms with van der Waals surface area (Å²) in [5.41, 5.74) is 0.104. The van der Waals surface area contributed by atoms with Gasteiger partial charge in [0.25, 0.3) is 5.91 Å². The smallest absolute Gasteiger partial charge is 0.414 e. The molecule has 2 aliphatic heterocycles. The Balaban J connectivity index is 1.49. The number of hydrogen-bond donors (Lipinski definition) is 2. The van der Waals surface area contributed by atoms with Crippen LogP contribution in [0.5, 0.6) is 0 Å². The lowest BCUT2D eigenvalue weighted by Gasteiger charge is -2.40. The van der Waals surface area contributed by atoms with Gasteiger partial charge in [-0.05, 0) is 50.3 Å². The van der Waals surface area contributed by atoms with Crippen molar-refractivity contribution in [3.05, 3.63) is 35.6 Å². The second-order valence-electron chi connectivity index (χ2n) is 6.73. The highest BCUT2D eigenvalue weighted by molar-refractivity contribution is 6.02. The van der Waals surface area contributed by atoms with E-state index < -0.39 is 17.8 Å². The number of fused-ring (bicyclic) bond motifs is 1. The Morgan fingerprint density at radius 1 is 1.21 bits per heavy atom. The highest BCUT2D eigenvalue weighted by Gasteiger charge is 2.37. The number of alkyl carbamates (subject to hydrolysis) is 1. The van der Waals surface area contributed by atoms with E-state index in [4.69, 9.17) is 4.74 Å². The molecule has 0 saturated carbocycles. The molecule has 3 atom stereocenters. The molecule has 3 rings (SSSR count). The van der Waals surface area contributed by atoms with Crippen LogP contribution < -0.4 is 10.2 Å². The largest absolute Gasteiger partial charge is 0.449 e. The minimum Gasteiger partial charge on any atom is -0.449 e. The van der Waals surface area contributed by atoms with Gasteiger partial charge in [0.05, 0.1) is 19.1 Å². The fourth-order valence-electron chi connectivity index (χ4n) is 3.99. The Kier molecular flexibility index (Phi) is 5.45. The molecule has 0 spiro atoms. The Bertz CT molecular complexity index is 606. The van der Waals surface area contributed by atoms with Gasteiger partial charge in [-0.2, -0.15) is 0 Å². The van der Waals surface area contributed by atoms with Crippen molar-refractivity contribution in [2.24, 2.45) is 5.92 Å². The van der Waals surface area contributed by atoms with Gasteiger partial charge in [-0.3, -0.25) is 10.1 Å². The van der Waals surface area contributed by atoms with Gasteiger partial charge in [0.1, 0.15) is 12.4 Å². The van der Waals surface area contributed by atoms with Crippen LogP contribution in [0.2, 0.25) is 0 Å². The molecule has 1 aromatic rings. The third-order valence-corrected chi connectivity index (χ3v) is 5.16. The highest BCUT2D eigenvalue weighted by atomic mass is 19.1. The molecule has 6 heteroatoms. The van der Waals surface area contributed by atoms with Crippen molar-refractivity contribution in [3.8, 4) is 0 Å². The van der Waals surface area contributed by atoms with Gasteiger partial charge in [0.15, 0.2) is 0 Å². The van der Waals surface area contributed by atoms with Crippen LogP contribution in [0.25, 0.3) is 0 Å². The van der Waals surface area contributed by atoms with E-state index in [-0.39, 0.29) is 5.56 Å². The topological polar surface area (TPSA) is 59.8 Å². The summed E-state index contributed by atoms with van der Waals surface area (Å²) in [4.78, 5) is 25.4. The molecule has 2 amide bonds. The maximum Gasteiger partial charge on any atom is 0.414 e. The van der Waals surface area contributed by atoms with Gasteiger partial charge in [-0.1, -0.05) is 6.07 Å². The second-order valence-corrected chi connectivity index (χ2v) is 6.73. The summed E-state index contributed by atoms with van der Waals surface area (Å²) >= 11 is 0. The Morgan fingerprint density at radius 3 is 2.88 bits per heavy atom. The van der Waals surface area contributed by atoms with Crippen molar-refractivity contribution in [2.75, 3.05) is 19.7 Å². The number of carbonyl (C=O) groups is 2. The second kappa shape index (κ2) is 7.75. The quantitative estimate of drug-likeness (QED) is 0.881. The molecule has 0 aliphatic carbocycles. The summed E-state index contributed by atoms with van der Waals surface area (Å²) < 4.78 is 18.4. The van der Waals surface area contributed by atoms with Gasteiger partial charge in [-0.15, -0.1) is 0 Å². The van der Waals surface area contributed by atoms with Crippen LogP contribution in [0.1, 0.15) is 42.5 Å². The molecular weight excluding hydrogens is 311 g/mol. The average molecular weight is 335 g/mol. The monoisotopic (exact) mass is 335 g/mol. The van der Waals surface area contributed by atoms with E-state index in [9.17, 15) is 14.0 Å². The molecule has 0 radical (unpaired) electrons. The third kappa shape index (κ3) is 4.12. The SMILES string of the molecule is O=C(NC(=O)c1cccc(F)c1)OCC1CCC[NH+]2CCCCC12. The third-order valence-electron chi connectivity index (χ3n) is 5.16. The first-order valence-corrected chi connectivity index (χ1v) is 8.72. The number of amides is 2. The van der Waals surface area contributed by atoms with E-state index in [0.717, 1.165) is 18.9 Å². The molecule has 2 fully saturated rings. The van der Waals surface area contributed by atoms with Crippen molar-refractivity contribution in [1.82, 2.24) is 5.32 Å². The van der Waals surface area contributed by atoms with Gasteiger partial charge in [-0.25, -0.2) is 9.18 Å². The van der Waals surface area contributed by atoms with Crippen LogP contribution in [-0.2, 0) is 4.74 Å². The van der Waals surface area contributed by atoms with Crippen molar-refractivity contribution < 1.29 is 23.6 Å². The number of nitrogens with one attached hydrogen (secondary N) is 2. The number of quaternary nitrogens is 1. The summed E-state index contributed by atoms with van der Waals surface area (Å²) in [5.74, 6) is -0.796. The Morgan fingerprint density at radius 2 is 2.04 bits per heavy atom. The fourth-order valence-corrected chi connectivity index (χ4v) is 3.99. The standard InChI is InChI=1S/C18H23FN2O3/c19-15-7-3-5-13(11-15)17(22)20-18(23)24-12-14-6-4-10-21-9-2-1-8-16(14)21/h3,5,7,11,14,16H,1-2,4,6,8-10,12H2,(H,20,22,23)/p+1. The minimum absolute atomic E-state index is 0.104. The van der Waals surface area contributed by atoms with Crippen LogP contribution in [0, 0.1) is 11.7 Å². The molecular formula is C18H24FN2O3+. The summed E-state index contributed by atoms with van der Waals surface area (Å²) in [6.07, 6.45) is 5.18. The molecule has 2 N–H and O–H groups in total. The first-order valence-electron chi connectivity index (χ1n) is 8.72. The van der Waals surface area contributed by atoms with E-state index >= 15 is 0 Å². The highest BCUT2D eigenvalue weighted by Crippen LogP contribution is 2.20. The molecule has 2 aliphatic rings. The van der Waals surface area contributed by atoms with E-state index in [1.807, 2.05) is 0 Å². The number of rotatable bonds is 3. The van der Waals surface area contributed by atoms with Crippen molar-refractivity contribution in [2.45, 2.75) is 38.1 Å². The molecule has 0 aromatic heterocycles. The number of benzene rings is 1. The molecule has 130 valence electrons. The van der Waals surface area contributed by atoms with E-state index in [0.29, 0.717) is 18.6 Å². The number of halogens is 1. The number of imide groups is 1. The van der Waals surface area contributed by atoms with Crippen LogP contribution in [0.3, 0.4) is 0 Å². The Hall–Kier alpha value is -1.95. The fraction of sp³-hybridized carbons (Fsp3) is 0.556. The van der Waals surface area contributed by atoms with E-state index in [1.54, 1.807) is 4.90 Å². The van der Waals surface area contributed by atoms with E-state index in [1.165, 1.54) is 50.6 Å². The van der Waals surface area contributed by atoms with E-state index in [2.05, 4.69) is 5.32 Å². The van der Waals surface area contributed by atoms with Crippen LogP contribution in [-0.4, -0.2) is 37.7 Å². The van der Waals surface area contributed by atoms with Gasteiger partial charge < -0.3 is 9.64 Å². The number of hydrogen-bond acceptors (Lipinski definition) is 3. The maximum absolute atomic E-state index is 13.1. The van der Waals surface area contributed by atoms with Crippen LogP contribution >= 0.6 is 0 Å². The molecule has 5 nitrogen and oxygen atoms in total. The molecule has 24 heavy (non-hydrogen) atoms. The van der Waals surface area contributed by atoms with Crippen molar-refractivity contribution in [1.29, 1.82) is 0 Å². The predicted molar refractivity (Wildman–Crippen MR) is 86.3 cm³/mol. The van der Waals surface area contributed by atoms with Crippen LogP contribution in [0.15, 0.2) is 24.3 Å². The zero-order valence-electron chi connectivity index (χ0n) is 13.7. The zero-order valence-corrected chi connectivity index (χ0v) is 13.7. The summed E-state index contributed by atoms with van der Waals surface area (Å²) in [6.45, 7) is 2.77. The number of ether oxygens (including phenoxy) is 1. The number of piperidine rings is 2. The molecule has 1 aromatic carbocycles. The molecule has 0 bridgehead atoms. The zero-order chi connectivity index (χ0) is 16.9. The lowest BCUT2D eigenvalue weighted by molar-refractivity contribution is -0.940. The lowest BCUT2D eigenvalue weighted by Crippen LogP contribution is -3.18. The molecule has 2 saturated heterocycles. The van der Waals surface area contributed by atoms with Crippen molar-refractivity contribution >= 4 is 12.0 Å². The first kappa shape index (κ1) is 16.9. The normalized spacial score (nSPS) is 26.3. The Labute approximate surface area is 141 Å². The number of carbonyl (C=O) groups excluding carboxylic acids is 2. The lowest BCUT2D eigenvalue weighted by atomic mass is 9.84. The van der Waals surface area contributed by atoms with Gasteiger partial charge >= 0.3 is 6.09 Å². The average Bonchev–Trinajstić information content (AvgIpc) is 2.60. The summed E-state index contributed by atoms with van der Waals surface area (Å²) in [5, 5.41) is 2.16. The predicted octanol–water partition coefficient (Wildman–Crippen LogP) is 1.54. The van der Waals surface area contributed by atoms with Gasteiger partial charge in [0.2, 0.25) is 0 Å². The van der Waals surface area contributed by atoms with Gasteiger partial charge in [0, 0.05) is 11.5 Å². The maximum atomic E-state index is 13.1. The first-order chi connectivity index (χ1) is 11.6. The summed E-state index contributed by atoms with van der Waals surface area (Å²) in [7, 11) is 0. The molecule has 3 unspecified atom stereocenters. The molecule has 2 heterocycles. The minimum atomic E-state index is -0.757. The van der Waals surface area contributed by atoms with Crippen molar-refractivity contribution in [3.63, 3.8) is 0 Å². The summed E-state index contributed by atoms with van der Waals surface area (Å²) in [6, 6.07) is 5.79. The van der Waals surface area contributed by atoms with Crippen LogP contribution in [0.4, 0.5) is 9.18 Å².